The lowest BCUT2D eigenvalue weighted by atomic mass is 10.2. The van der Waals surface area contributed by atoms with Crippen LogP contribution in [0.2, 0.25) is 0 Å². The quantitative estimate of drug-likeness (QED) is 0.706. The highest BCUT2D eigenvalue weighted by Gasteiger charge is 2.14. The van der Waals surface area contributed by atoms with Gasteiger partial charge in [0.1, 0.15) is 17.8 Å². The van der Waals surface area contributed by atoms with Gasteiger partial charge in [0.25, 0.3) is 0 Å². The Hall–Kier alpha value is -3.28. The van der Waals surface area contributed by atoms with Gasteiger partial charge in [0.05, 0.1) is 12.8 Å². The summed E-state index contributed by atoms with van der Waals surface area (Å²) in [5.41, 5.74) is 9.95. The predicted octanol–water partition coefficient (Wildman–Crippen LogP) is 3.76. The molecular formula is C20H23N5O. The van der Waals surface area contributed by atoms with Crippen molar-refractivity contribution in [3.05, 3.63) is 66.0 Å². The van der Waals surface area contributed by atoms with Gasteiger partial charge in [0.15, 0.2) is 11.6 Å². The molecule has 3 rings (SSSR count). The molecule has 0 bridgehead atoms. The minimum atomic E-state index is 0.495. The molecule has 3 N–H and O–H groups in total. The minimum absolute atomic E-state index is 0.495. The van der Waals surface area contributed by atoms with Gasteiger partial charge < -0.3 is 20.7 Å². The largest absolute Gasteiger partial charge is 0.495 e. The molecule has 0 amide bonds. The highest BCUT2D eigenvalue weighted by atomic mass is 16.5. The minimum Gasteiger partial charge on any atom is -0.495 e. The van der Waals surface area contributed by atoms with Crippen molar-refractivity contribution in [2.24, 2.45) is 0 Å². The van der Waals surface area contributed by atoms with E-state index in [9.17, 15) is 0 Å². The van der Waals surface area contributed by atoms with Gasteiger partial charge in [-0.3, -0.25) is 0 Å². The summed E-state index contributed by atoms with van der Waals surface area (Å²) in [7, 11) is 3.60. The number of methoxy groups -OCH3 is 1. The van der Waals surface area contributed by atoms with Gasteiger partial charge in [-0.2, -0.15) is 0 Å². The summed E-state index contributed by atoms with van der Waals surface area (Å²) in [5, 5.41) is 3.26. The van der Waals surface area contributed by atoms with E-state index < -0.39 is 0 Å². The summed E-state index contributed by atoms with van der Waals surface area (Å²) in [5.74, 6) is 1.96. The SMILES string of the molecule is COc1ccc(C)cc1Nc1ncnc(N(C)Cc2ccccc2)c1N. The second kappa shape index (κ2) is 7.74. The van der Waals surface area contributed by atoms with Gasteiger partial charge in [0, 0.05) is 13.6 Å². The molecule has 0 saturated carbocycles. The Morgan fingerprint density at radius 1 is 1.12 bits per heavy atom. The van der Waals surface area contributed by atoms with Crippen LogP contribution in [0.3, 0.4) is 0 Å². The van der Waals surface area contributed by atoms with E-state index >= 15 is 0 Å². The molecule has 0 spiro atoms. The van der Waals surface area contributed by atoms with Crippen molar-refractivity contribution >= 4 is 23.0 Å². The summed E-state index contributed by atoms with van der Waals surface area (Å²) in [6.45, 7) is 2.72. The van der Waals surface area contributed by atoms with Crippen molar-refractivity contribution < 1.29 is 4.74 Å². The predicted molar refractivity (Wildman–Crippen MR) is 106 cm³/mol. The average Bonchev–Trinajstić information content (AvgIpc) is 2.64. The van der Waals surface area contributed by atoms with Crippen LogP contribution in [-0.4, -0.2) is 24.1 Å². The van der Waals surface area contributed by atoms with Crippen LogP contribution in [0, 0.1) is 6.92 Å². The molecule has 0 atom stereocenters. The Kier molecular flexibility index (Phi) is 5.22. The molecule has 6 nitrogen and oxygen atoms in total. The van der Waals surface area contributed by atoms with Crippen molar-refractivity contribution in [3.63, 3.8) is 0 Å². The van der Waals surface area contributed by atoms with E-state index in [1.54, 1.807) is 7.11 Å². The Balaban J connectivity index is 1.87. The van der Waals surface area contributed by atoms with Crippen LogP contribution in [0.4, 0.5) is 23.0 Å². The molecule has 1 heterocycles. The van der Waals surface area contributed by atoms with Crippen molar-refractivity contribution in [1.29, 1.82) is 0 Å². The van der Waals surface area contributed by atoms with E-state index in [0.717, 1.165) is 17.0 Å². The second-order valence-electron chi connectivity index (χ2n) is 6.13. The number of nitrogens with one attached hydrogen (secondary N) is 1. The topological polar surface area (TPSA) is 76.3 Å². The van der Waals surface area contributed by atoms with Crippen LogP contribution in [0.5, 0.6) is 5.75 Å². The first-order valence-electron chi connectivity index (χ1n) is 8.35. The number of aryl methyl sites for hydroxylation is 1. The maximum atomic E-state index is 6.35. The fourth-order valence-electron chi connectivity index (χ4n) is 2.77. The summed E-state index contributed by atoms with van der Waals surface area (Å²) in [4.78, 5) is 10.7. The highest BCUT2D eigenvalue weighted by Crippen LogP contribution is 2.32. The smallest absolute Gasteiger partial charge is 0.159 e. The normalized spacial score (nSPS) is 10.4. The van der Waals surface area contributed by atoms with Crippen molar-refractivity contribution in [1.82, 2.24) is 9.97 Å². The number of nitrogens with zero attached hydrogens (tertiary/aromatic N) is 3. The van der Waals surface area contributed by atoms with Crippen LogP contribution in [-0.2, 0) is 6.54 Å². The zero-order valence-electron chi connectivity index (χ0n) is 15.2. The van der Waals surface area contributed by atoms with Crippen molar-refractivity contribution in [3.8, 4) is 5.75 Å². The molecule has 0 unspecified atom stereocenters. The molecule has 1 aromatic heterocycles. The van der Waals surface area contributed by atoms with E-state index in [2.05, 4.69) is 27.4 Å². The first-order chi connectivity index (χ1) is 12.6. The van der Waals surface area contributed by atoms with E-state index in [1.807, 2.05) is 55.3 Å². The molecule has 134 valence electrons. The summed E-state index contributed by atoms with van der Waals surface area (Å²) >= 11 is 0. The van der Waals surface area contributed by atoms with Crippen LogP contribution < -0.4 is 20.7 Å². The van der Waals surface area contributed by atoms with Crippen molar-refractivity contribution in [2.45, 2.75) is 13.5 Å². The molecule has 6 heteroatoms. The molecular weight excluding hydrogens is 326 g/mol. The first kappa shape index (κ1) is 17.5. The lowest BCUT2D eigenvalue weighted by Gasteiger charge is -2.21. The molecule has 0 saturated heterocycles. The Morgan fingerprint density at radius 2 is 1.88 bits per heavy atom. The van der Waals surface area contributed by atoms with Gasteiger partial charge in [-0.25, -0.2) is 9.97 Å². The zero-order valence-corrected chi connectivity index (χ0v) is 15.2. The molecule has 0 radical (unpaired) electrons. The molecule has 2 aromatic carbocycles. The number of anilines is 4. The number of nitrogen functional groups attached to an aromatic ring is 1. The zero-order chi connectivity index (χ0) is 18.5. The van der Waals surface area contributed by atoms with Gasteiger partial charge in [-0.15, -0.1) is 0 Å². The summed E-state index contributed by atoms with van der Waals surface area (Å²) in [6, 6.07) is 16.1. The number of rotatable bonds is 6. The number of nitrogens with two attached hydrogens (primary N) is 1. The number of hydrogen-bond donors (Lipinski definition) is 2. The number of hydrogen-bond acceptors (Lipinski definition) is 6. The van der Waals surface area contributed by atoms with Crippen LogP contribution in [0.1, 0.15) is 11.1 Å². The third-order valence-electron chi connectivity index (χ3n) is 4.10. The highest BCUT2D eigenvalue weighted by molar-refractivity contribution is 5.79. The number of benzene rings is 2. The maximum absolute atomic E-state index is 6.35. The van der Waals surface area contributed by atoms with E-state index in [1.165, 1.54) is 11.9 Å². The molecule has 26 heavy (non-hydrogen) atoms. The molecule has 0 fully saturated rings. The standard InChI is InChI=1S/C20H23N5O/c1-14-9-10-17(26-3)16(11-14)24-19-18(21)20(23-13-22-19)25(2)12-15-7-5-4-6-8-15/h4-11,13H,12,21H2,1-3H3,(H,22,23,24). The van der Waals surface area contributed by atoms with Gasteiger partial charge in [-0.05, 0) is 30.2 Å². The van der Waals surface area contributed by atoms with Gasteiger partial charge in [-0.1, -0.05) is 36.4 Å². The van der Waals surface area contributed by atoms with E-state index in [4.69, 9.17) is 10.5 Å². The Morgan fingerprint density at radius 3 is 2.62 bits per heavy atom. The van der Waals surface area contributed by atoms with Crippen LogP contribution in [0.15, 0.2) is 54.9 Å². The lowest BCUT2D eigenvalue weighted by Crippen LogP contribution is -2.20. The second-order valence-corrected chi connectivity index (χ2v) is 6.13. The Bertz CT molecular complexity index is 883. The third kappa shape index (κ3) is 3.85. The van der Waals surface area contributed by atoms with Gasteiger partial charge >= 0.3 is 0 Å². The molecule has 0 aliphatic rings. The Labute approximate surface area is 153 Å². The number of ether oxygens (including phenoxy) is 1. The summed E-state index contributed by atoms with van der Waals surface area (Å²) < 4.78 is 5.41. The van der Waals surface area contributed by atoms with Crippen molar-refractivity contribution in [2.75, 3.05) is 30.1 Å². The van der Waals surface area contributed by atoms with Crippen LogP contribution >= 0.6 is 0 Å². The molecule has 3 aromatic rings. The third-order valence-corrected chi connectivity index (χ3v) is 4.10. The average molecular weight is 349 g/mol. The number of aromatic nitrogens is 2. The monoisotopic (exact) mass is 349 g/mol. The first-order valence-corrected chi connectivity index (χ1v) is 8.35. The van der Waals surface area contributed by atoms with E-state index in [-0.39, 0.29) is 0 Å². The fourth-order valence-corrected chi connectivity index (χ4v) is 2.77. The maximum Gasteiger partial charge on any atom is 0.159 e. The van der Waals surface area contributed by atoms with Gasteiger partial charge in [0.2, 0.25) is 0 Å². The molecule has 0 aliphatic carbocycles. The molecule has 0 aliphatic heterocycles. The van der Waals surface area contributed by atoms with E-state index in [0.29, 0.717) is 23.9 Å². The van der Waals surface area contributed by atoms with Crippen LogP contribution in [0.25, 0.3) is 0 Å². The summed E-state index contributed by atoms with van der Waals surface area (Å²) in [6.07, 6.45) is 1.51. The fraction of sp³-hybridized carbons (Fsp3) is 0.200. The lowest BCUT2D eigenvalue weighted by molar-refractivity contribution is 0.416.